The highest BCUT2D eigenvalue weighted by molar-refractivity contribution is 6.30. The van der Waals surface area contributed by atoms with Crippen LogP contribution >= 0.6 is 11.6 Å². The van der Waals surface area contributed by atoms with Gasteiger partial charge in [0.05, 0.1) is 0 Å². The molecule has 1 heterocycles. The molecule has 0 fully saturated rings. The van der Waals surface area contributed by atoms with Crippen LogP contribution in [0.15, 0.2) is 39.9 Å². The van der Waals surface area contributed by atoms with Crippen LogP contribution in [0.3, 0.4) is 0 Å². The average Bonchev–Trinajstić information content (AvgIpc) is 2.49. The third-order valence-electron chi connectivity index (χ3n) is 3.43. The van der Waals surface area contributed by atoms with Gasteiger partial charge in [0.2, 0.25) is 0 Å². The number of para-hydroxylation sites is 1. The van der Waals surface area contributed by atoms with Gasteiger partial charge in [-0.05, 0) is 25.5 Å². The van der Waals surface area contributed by atoms with Crippen LogP contribution < -0.4 is 16.1 Å². The molecule has 21 heavy (non-hydrogen) atoms. The van der Waals surface area contributed by atoms with E-state index in [0.29, 0.717) is 18.5 Å². The first kappa shape index (κ1) is 15.4. The monoisotopic (exact) mass is 307 g/mol. The quantitative estimate of drug-likeness (QED) is 0.860. The van der Waals surface area contributed by atoms with Gasteiger partial charge < -0.3 is 4.90 Å². The molecular formula is C15H18ClN3O2. The van der Waals surface area contributed by atoms with Gasteiger partial charge in [-0.3, -0.25) is 14.3 Å². The van der Waals surface area contributed by atoms with E-state index in [9.17, 15) is 9.59 Å². The van der Waals surface area contributed by atoms with Crippen LogP contribution in [0, 0.1) is 6.92 Å². The molecule has 1 N–H and O–H groups in total. The standard InChI is InChI=1S/C15H18ClN3O2/c1-11-13(16)17-15(21)19(14(11)20)10-6-9-18(2)12-7-4-3-5-8-12/h3-5,7-8H,6,9-10H2,1-2H3,(H,17,21). The number of rotatable bonds is 5. The summed E-state index contributed by atoms with van der Waals surface area (Å²) in [5.74, 6) is 0. The summed E-state index contributed by atoms with van der Waals surface area (Å²) in [4.78, 5) is 28.3. The molecule has 1 aromatic heterocycles. The van der Waals surface area contributed by atoms with E-state index in [1.807, 2.05) is 37.4 Å². The topological polar surface area (TPSA) is 58.1 Å². The average molecular weight is 308 g/mol. The lowest BCUT2D eigenvalue weighted by Crippen LogP contribution is -2.37. The molecule has 0 saturated heterocycles. The first-order valence-corrected chi connectivity index (χ1v) is 7.14. The fourth-order valence-electron chi connectivity index (χ4n) is 2.12. The number of H-pyrrole nitrogens is 1. The molecule has 0 spiro atoms. The number of halogens is 1. The van der Waals surface area contributed by atoms with Gasteiger partial charge in [0.1, 0.15) is 5.15 Å². The maximum absolute atomic E-state index is 12.0. The summed E-state index contributed by atoms with van der Waals surface area (Å²) in [7, 11) is 1.98. The molecule has 2 aromatic rings. The summed E-state index contributed by atoms with van der Waals surface area (Å²) in [5.41, 5.74) is 0.683. The summed E-state index contributed by atoms with van der Waals surface area (Å²) >= 11 is 5.78. The van der Waals surface area contributed by atoms with Gasteiger partial charge in [-0.15, -0.1) is 0 Å². The van der Waals surface area contributed by atoms with Crippen molar-refractivity contribution >= 4 is 17.3 Å². The molecule has 0 saturated carbocycles. The van der Waals surface area contributed by atoms with E-state index < -0.39 is 5.69 Å². The van der Waals surface area contributed by atoms with Gasteiger partial charge in [-0.2, -0.15) is 0 Å². The molecule has 0 aliphatic rings. The van der Waals surface area contributed by atoms with E-state index in [1.165, 1.54) is 4.57 Å². The minimum absolute atomic E-state index is 0.114. The zero-order valence-corrected chi connectivity index (χ0v) is 12.9. The Morgan fingerprint density at radius 3 is 2.57 bits per heavy atom. The minimum Gasteiger partial charge on any atom is -0.375 e. The number of hydrogen-bond acceptors (Lipinski definition) is 3. The van der Waals surface area contributed by atoms with Crippen molar-refractivity contribution in [3.63, 3.8) is 0 Å². The molecule has 0 radical (unpaired) electrons. The van der Waals surface area contributed by atoms with Crippen molar-refractivity contribution in [2.45, 2.75) is 19.9 Å². The molecule has 112 valence electrons. The maximum Gasteiger partial charge on any atom is 0.329 e. The van der Waals surface area contributed by atoms with Crippen LogP contribution in [0.4, 0.5) is 5.69 Å². The molecule has 2 rings (SSSR count). The van der Waals surface area contributed by atoms with Crippen molar-refractivity contribution in [2.24, 2.45) is 0 Å². The lowest BCUT2D eigenvalue weighted by molar-refractivity contribution is 0.586. The zero-order valence-electron chi connectivity index (χ0n) is 12.1. The number of aromatic nitrogens is 2. The fourth-order valence-corrected chi connectivity index (χ4v) is 2.29. The number of nitrogens with zero attached hydrogens (tertiary/aromatic N) is 2. The number of benzene rings is 1. The molecular weight excluding hydrogens is 290 g/mol. The van der Waals surface area contributed by atoms with Gasteiger partial charge in [0.25, 0.3) is 5.56 Å². The number of anilines is 1. The van der Waals surface area contributed by atoms with Crippen molar-refractivity contribution in [1.82, 2.24) is 9.55 Å². The van der Waals surface area contributed by atoms with Crippen LogP contribution in [-0.4, -0.2) is 23.1 Å². The van der Waals surface area contributed by atoms with Crippen LogP contribution in [0.25, 0.3) is 0 Å². The second-order valence-corrected chi connectivity index (χ2v) is 5.31. The molecule has 0 unspecified atom stereocenters. The lowest BCUT2D eigenvalue weighted by atomic mass is 10.3. The molecule has 5 nitrogen and oxygen atoms in total. The largest absolute Gasteiger partial charge is 0.375 e. The summed E-state index contributed by atoms with van der Waals surface area (Å²) in [6, 6.07) is 9.96. The third kappa shape index (κ3) is 3.55. The predicted molar refractivity (Wildman–Crippen MR) is 85.4 cm³/mol. The highest BCUT2D eigenvalue weighted by Gasteiger charge is 2.09. The molecule has 0 atom stereocenters. The number of nitrogens with one attached hydrogen (secondary N) is 1. The highest BCUT2D eigenvalue weighted by atomic mass is 35.5. The Hall–Kier alpha value is -2.01. The smallest absolute Gasteiger partial charge is 0.329 e. The molecule has 0 aliphatic heterocycles. The number of aromatic amines is 1. The molecule has 1 aromatic carbocycles. The first-order chi connectivity index (χ1) is 10.0. The third-order valence-corrected chi connectivity index (χ3v) is 3.81. The normalized spacial score (nSPS) is 10.6. The molecule has 6 heteroatoms. The van der Waals surface area contributed by atoms with Gasteiger partial charge in [0.15, 0.2) is 0 Å². The fraction of sp³-hybridized carbons (Fsp3) is 0.333. The Labute approximate surface area is 127 Å². The van der Waals surface area contributed by atoms with E-state index in [-0.39, 0.29) is 10.7 Å². The van der Waals surface area contributed by atoms with E-state index >= 15 is 0 Å². The maximum atomic E-state index is 12.0. The van der Waals surface area contributed by atoms with Crippen LogP contribution in [0.2, 0.25) is 5.15 Å². The Morgan fingerprint density at radius 2 is 1.90 bits per heavy atom. The van der Waals surface area contributed by atoms with Crippen molar-refractivity contribution in [2.75, 3.05) is 18.5 Å². The first-order valence-electron chi connectivity index (χ1n) is 6.76. The van der Waals surface area contributed by atoms with Gasteiger partial charge >= 0.3 is 5.69 Å². The summed E-state index contributed by atoms with van der Waals surface area (Å²) in [6.07, 6.45) is 0.690. The number of hydrogen-bond donors (Lipinski definition) is 1. The van der Waals surface area contributed by atoms with Crippen molar-refractivity contribution in [3.8, 4) is 0 Å². The summed E-state index contributed by atoms with van der Waals surface area (Å²) in [6.45, 7) is 2.72. The van der Waals surface area contributed by atoms with E-state index in [4.69, 9.17) is 11.6 Å². The Balaban J connectivity index is 2.03. The Morgan fingerprint density at radius 1 is 1.24 bits per heavy atom. The van der Waals surface area contributed by atoms with Gasteiger partial charge in [-0.1, -0.05) is 29.8 Å². The summed E-state index contributed by atoms with van der Waals surface area (Å²) < 4.78 is 1.19. The van der Waals surface area contributed by atoms with Crippen LogP contribution in [0.5, 0.6) is 0 Å². The molecule has 0 bridgehead atoms. The van der Waals surface area contributed by atoms with Crippen LogP contribution in [0.1, 0.15) is 12.0 Å². The zero-order chi connectivity index (χ0) is 15.4. The minimum atomic E-state index is -0.460. The second kappa shape index (κ2) is 6.63. The van der Waals surface area contributed by atoms with E-state index in [2.05, 4.69) is 9.88 Å². The van der Waals surface area contributed by atoms with E-state index in [0.717, 1.165) is 12.2 Å². The predicted octanol–water partition coefficient (Wildman–Crippen LogP) is 2.02. The second-order valence-electron chi connectivity index (χ2n) is 4.94. The Bertz CT molecular complexity index is 722. The van der Waals surface area contributed by atoms with Gasteiger partial charge in [-0.25, -0.2) is 4.79 Å². The van der Waals surface area contributed by atoms with Gasteiger partial charge in [0, 0.05) is 31.4 Å². The SMILES string of the molecule is Cc1c(Cl)[nH]c(=O)n(CCCN(C)c2ccccc2)c1=O. The van der Waals surface area contributed by atoms with Crippen molar-refractivity contribution in [1.29, 1.82) is 0 Å². The van der Waals surface area contributed by atoms with Crippen molar-refractivity contribution < 1.29 is 0 Å². The Kier molecular flexibility index (Phi) is 4.85. The summed E-state index contributed by atoms with van der Waals surface area (Å²) in [5, 5.41) is 0.114. The highest BCUT2D eigenvalue weighted by Crippen LogP contribution is 2.11. The van der Waals surface area contributed by atoms with E-state index in [1.54, 1.807) is 6.92 Å². The lowest BCUT2D eigenvalue weighted by Gasteiger charge is -2.19. The van der Waals surface area contributed by atoms with Crippen LogP contribution in [-0.2, 0) is 6.54 Å². The molecule has 0 amide bonds. The molecule has 0 aliphatic carbocycles. The van der Waals surface area contributed by atoms with Crippen molar-refractivity contribution in [3.05, 3.63) is 61.9 Å².